The number of nitrogens with two attached hydrogens (primary N) is 1. The molecule has 0 spiro atoms. The van der Waals surface area contributed by atoms with Gasteiger partial charge in [0, 0.05) is 5.56 Å². The van der Waals surface area contributed by atoms with Crippen LogP contribution in [0.3, 0.4) is 0 Å². The first-order valence-corrected chi connectivity index (χ1v) is 5.95. The lowest BCUT2D eigenvalue weighted by Crippen LogP contribution is -2.18. The van der Waals surface area contributed by atoms with Crippen LogP contribution in [0.25, 0.3) is 0 Å². The van der Waals surface area contributed by atoms with E-state index in [-0.39, 0.29) is 0 Å². The summed E-state index contributed by atoms with van der Waals surface area (Å²) < 4.78 is 11.2. The van der Waals surface area contributed by atoms with Crippen molar-refractivity contribution in [2.45, 2.75) is 19.8 Å². The maximum Gasteiger partial charge on any atom is 0.180 e. The van der Waals surface area contributed by atoms with Gasteiger partial charge in [0.2, 0.25) is 0 Å². The summed E-state index contributed by atoms with van der Waals surface area (Å²) in [6, 6.07) is 1.95. The Morgan fingerprint density at radius 3 is 2.62 bits per heavy atom. The lowest BCUT2D eigenvalue weighted by molar-refractivity contribution is 0.170. The van der Waals surface area contributed by atoms with E-state index >= 15 is 0 Å². The van der Waals surface area contributed by atoms with E-state index in [0.717, 1.165) is 18.6 Å². The van der Waals surface area contributed by atoms with Gasteiger partial charge in [0.25, 0.3) is 0 Å². The van der Waals surface area contributed by atoms with Crippen molar-refractivity contribution in [1.82, 2.24) is 0 Å². The van der Waals surface area contributed by atoms with Crippen molar-refractivity contribution >= 4 is 11.6 Å². The fraction of sp³-hybridized carbons (Fsp3) is 0.500. The number of hydrogen-bond acceptors (Lipinski definition) is 3. The van der Waals surface area contributed by atoms with E-state index in [1.54, 1.807) is 0 Å². The topological polar surface area (TPSA) is 44.5 Å². The molecule has 1 heterocycles. The predicted octanol–water partition coefficient (Wildman–Crippen LogP) is 2.17. The molecule has 1 aliphatic rings. The molecule has 0 aliphatic carbocycles. The van der Waals surface area contributed by atoms with E-state index < -0.39 is 0 Å². The Morgan fingerprint density at radius 2 is 2.00 bits per heavy atom. The van der Waals surface area contributed by atoms with Gasteiger partial charge in [-0.25, -0.2) is 0 Å². The first-order chi connectivity index (χ1) is 7.77. The second kappa shape index (κ2) is 4.93. The molecule has 2 N–H and O–H groups in total. The molecule has 0 unspecified atom stereocenters. The minimum absolute atomic E-state index is 0.562. The number of benzene rings is 1. The van der Waals surface area contributed by atoms with E-state index in [9.17, 15) is 0 Å². The molecule has 2 rings (SSSR count). The van der Waals surface area contributed by atoms with E-state index in [1.807, 2.05) is 6.07 Å². The molecule has 0 saturated carbocycles. The van der Waals surface area contributed by atoms with Crippen LogP contribution < -0.4 is 15.2 Å². The van der Waals surface area contributed by atoms with Crippen molar-refractivity contribution in [3.63, 3.8) is 0 Å². The molecule has 0 atom stereocenters. The van der Waals surface area contributed by atoms with Gasteiger partial charge in [0.15, 0.2) is 11.5 Å². The Balaban J connectivity index is 2.52. The zero-order chi connectivity index (χ0) is 11.5. The fourth-order valence-electron chi connectivity index (χ4n) is 2.04. The molecular weight excluding hydrogens is 226 g/mol. The zero-order valence-corrected chi connectivity index (χ0v) is 10.1. The second-order valence-electron chi connectivity index (χ2n) is 3.74. The molecule has 4 heteroatoms. The predicted molar refractivity (Wildman–Crippen MR) is 64.6 cm³/mol. The Morgan fingerprint density at radius 1 is 1.31 bits per heavy atom. The first-order valence-electron chi connectivity index (χ1n) is 5.57. The summed E-state index contributed by atoms with van der Waals surface area (Å²) in [4.78, 5) is 0. The molecule has 0 radical (unpaired) electrons. The number of fused-ring (bicyclic) bond motifs is 1. The lowest BCUT2D eigenvalue weighted by atomic mass is 10.0. The summed E-state index contributed by atoms with van der Waals surface area (Å²) >= 11 is 6.17. The van der Waals surface area contributed by atoms with Gasteiger partial charge in [0.05, 0.1) is 5.02 Å². The Labute approximate surface area is 100 Å². The number of ether oxygens (including phenoxy) is 2. The molecule has 0 saturated heterocycles. The third-order valence-electron chi connectivity index (χ3n) is 2.73. The minimum atomic E-state index is 0.562. The van der Waals surface area contributed by atoms with Gasteiger partial charge in [-0.2, -0.15) is 0 Å². The van der Waals surface area contributed by atoms with Crippen molar-refractivity contribution < 1.29 is 9.47 Å². The molecule has 16 heavy (non-hydrogen) atoms. The number of hydrogen-bond donors (Lipinski definition) is 1. The zero-order valence-electron chi connectivity index (χ0n) is 9.38. The third kappa shape index (κ3) is 1.97. The summed E-state index contributed by atoms with van der Waals surface area (Å²) in [5, 5.41) is 0.621. The normalized spacial score (nSPS) is 13.9. The average Bonchev–Trinajstić information content (AvgIpc) is 2.30. The lowest BCUT2D eigenvalue weighted by Gasteiger charge is -2.23. The van der Waals surface area contributed by atoms with Crippen molar-refractivity contribution in [3.8, 4) is 11.5 Å². The summed E-state index contributed by atoms with van der Waals surface area (Å²) in [5.74, 6) is 1.50. The largest absolute Gasteiger partial charge is 0.486 e. The Kier molecular flexibility index (Phi) is 3.56. The van der Waals surface area contributed by atoms with Gasteiger partial charge < -0.3 is 15.2 Å². The molecule has 0 aromatic heterocycles. The van der Waals surface area contributed by atoms with Gasteiger partial charge in [-0.1, -0.05) is 18.5 Å². The molecule has 0 amide bonds. The standard InChI is InChI=1S/C12H16ClNO2/c1-2-9-8(3-4-14)7-10(13)12-11(9)15-5-6-16-12/h7H,2-6,14H2,1H3. The smallest absolute Gasteiger partial charge is 0.180 e. The molecule has 1 aromatic carbocycles. The second-order valence-corrected chi connectivity index (χ2v) is 4.15. The van der Waals surface area contributed by atoms with Gasteiger partial charge in [0.1, 0.15) is 13.2 Å². The highest BCUT2D eigenvalue weighted by Crippen LogP contribution is 2.42. The quantitative estimate of drug-likeness (QED) is 0.882. The van der Waals surface area contributed by atoms with Crippen LogP contribution in [0.4, 0.5) is 0 Å². The summed E-state index contributed by atoms with van der Waals surface area (Å²) in [7, 11) is 0. The van der Waals surface area contributed by atoms with Crippen LogP contribution in [0.2, 0.25) is 5.02 Å². The Hall–Kier alpha value is -0.930. The van der Waals surface area contributed by atoms with Crippen LogP contribution >= 0.6 is 11.6 Å². The highest BCUT2D eigenvalue weighted by Gasteiger charge is 2.21. The molecule has 0 bridgehead atoms. The molecule has 88 valence electrons. The average molecular weight is 242 g/mol. The maximum absolute atomic E-state index is 6.17. The number of rotatable bonds is 3. The molecule has 3 nitrogen and oxygen atoms in total. The van der Waals surface area contributed by atoms with Crippen molar-refractivity contribution in [3.05, 3.63) is 22.2 Å². The molecule has 0 fully saturated rings. The van der Waals surface area contributed by atoms with Crippen LogP contribution in [-0.2, 0) is 12.8 Å². The summed E-state index contributed by atoms with van der Waals surface area (Å²) in [6.07, 6.45) is 1.72. The SMILES string of the molecule is CCc1c(CCN)cc(Cl)c2c1OCCO2. The summed E-state index contributed by atoms with van der Waals surface area (Å²) in [6.45, 7) is 3.86. The molecule has 1 aliphatic heterocycles. The van der Waals surface area contributed by atoms with Gasteiger partial charge >= 0.3 is 0 Å². The van der Waals surface area contributed by atoms with Crippen LogP contribution in [0.15, 0.2) is 6.07 Å². The van der Waals surface area contributed by atoms with Gasteiger partial charge in [-0.3, -0.25) is 0 Å². The monoisotopic (exact) mass is 241 g/mol. The van der Waals surface area contributed by atoms with E-state index in [4.69, 9.17) is 26.8 Å². The molecule has 1 aromatic rings. The van der Waals surface area contributed by atoms with E-state index in [0.29, 0.717) is 30.5 Å². The van der Waals surface area contributed by atoms with Crippen LogP contribution in [0.5, 0.6) is 11.5 Å². The van der Waals surface area contributed by atoms with E-state index in [1.165, 1.54) is 11.1 Å². The van der Waals surface area contributed by atoms with Crippen molar-refractivity contribution in [2.24, 2.45) is 5.73 Å². The molecular formula is C12H16ClNO2. The third-order valence-corrected chi connectivity index (χ3v) is 3.01. The summed E-state index contributed by atoms with van der Waals surface area (Å²) in [5.41, 5.74) is 7.93. The number of halogens is 1. The minimum Gasteiger partial charge on any atom is -0.486 e. The highest BCUT2D eigenvalue weighted by atomic mass is 35.5. The van der Waals surface area contributed by atoms with Crippen LogP contribution in [-0.4, -0.2) is 19.8 Å². The van der Waals surface area contributed by atoms with Gasteiger partial charge in [-0.15, -0.1) is 0 Å². The van der Waals surface area contributed by atoms with Crippen molar-refractivity contribution in [2.75, 3.05) is 19.8 Å². The fourth-order valence-corrected chi connectivity index (χ4v) is 2.31. The van der Waals surface area contributed by atoms with Crippen LogP contribution in [0, 0.1) is 0 Å². The maximum atomic E-state index is 6.17. The van der Waals surface area contributed by atoms with Gasteiger partial charge in [-0.05, 0) is 31.0 Å². The first kappa shape index (κ1) is 11.6. The Bertz CT molecular complexity index is 393. The van der Waals surface area contributed by atoms with E-state index in [2.05, 4.69) is 6.92 Å². The van der Waals surface area contributed by atoms with Crippen molar-refractivity contribution in [1.29, 1.82) is 0 Å². The van der Waals surface area contributed by atoms with Crippen LogP contribution in [0.1, 0.15) is 18.1 Å². The highest BCUT2D eigenvalue weighted by molar-refractivity contribution is 6.32.